The third-order valence-electron chi connectivity index (χ3n) is 3.94. The van der Waals surface area contributed by atoms with E-state index in [0.29, 0.717) is 19.0 Å². The molecule has 0 saturated heterocycles. The number of rotatable bonds is 7. The van der Waals surface area contributed by atoms with Crippen LogP contribution in [0.1, 0.15) is 25.8 Å². The van der Waals surface area contributed by atoms with E-state index in [1.54, 1.807) is 0 Å². The first kappa shape index (κ1) is 18.9. The van der Waals surface area contributed by atoms with Crippen molar-refractivity contribution in [2.75, 3.05) is 20.1 Å². The Hall–Kier alpha value is -2.40. The lowest BCUT2D eigenvalue weighted by Gasteiger charge is -2.16. The van der Waals surface area contributed by atoms with Gasteiger partial charge in [-0.15, -0.1) is 0 Å². The zero-order valence-corrected chi connectivity index (χ0v) is 15.2. The molecule has 0 unspecified atom stereocenters. The van der Waals surface area contributed by atoms with Gasteiger partial charge in [0.25, 0.3) is 0 Å². The predicted octanol–water partition coefficient (Wildman–Crippen LogP) is 3.14. The van der Waals surface area contributed by atoms with E-state index in [1.807, 2.05) is 24.1 Å². The second-order valence-electron chi connectivity index (χ2n) is 6.84. The van der Waals surface area contributed by atoms with Gasteiger partial charge in [-0.2, -0.15) is 0 Å². The van der Waals surface area contributed by atoms with Gasteiger partial charge in [-0.3, -0.25) is 15.0 Å². The van der Waals surface area contributed by atoms with E-state index in [2.05, 4.69) is 54.8 Å². The van der Waals surface area contributed by atoms with E-state index in [9.17, 15) is 9.59 Å². The summed E-state index contributed by atoms with van der Waals surface area (Å²) in [5.74, 6) is 0.217. The Bertz CT molecular complexity index is 728. The summed E-state index contributed by atoms with van der Waals surface area (Å²) in [6, 6.07) is 14.0. The fourth-order valence-corrected chi connectivity index (χ4v) is 2.63. The highest BCUT2D eigenvalue weighted by molar-refractivity contribution is 5.95. The summed E-state index contributed by atoms with van der Waals surface area (Å²) in [7, 11) is 1.87. The molecule has 2 aromatic rings. The molecule has 0 bridgehead atoms. The van der Waals surface area contributed by atoms with Gasteiger partial charge in [0.15, 0.2) is 0 Å². The van der Waals surface area contributed by atoms with Crippen LogP contribution in [0.4, 0.5) is 4.79 Å². The second-order valence-corrected chi connectivity index (χ2v) is 6.84. The van der Waals surface area contributed by atoms with Crippen LogP contribution < -0.4 is 10.6 Å². The molecule has 5 heteroatoms. The van der Waals surface area contributed by atoms with Gasteiger partial charge in [-0.25, -0.2) is 4.79 Å². The smallest absolute Gasteiger partial charge is 0.321 e. The van der Waals surface area contributed by atoms with Gasteiger partial charge in [0.05, 0.1) is 6.54 Å². The van der Waals surface area contributed by atoms with Crippen molar-refractivity contribution in [2.45, 2.75) is 26.8 Å². The van der Waals surface area contributed by atoms with Gasteiger partial charge in [0.1, 0.15) is 0 Å². The molecule has 0 aromatic heterocycles. The molecule has 2 N–H and O–H groups in total. The number of hydrogen-bond acceptors (Lipinski definition) is 3. The van der Waals surface area contributed by atoms with Crippen molar-refractivity contribution >= 4 is 22.7 Å². The second kappa shape index (κ2) is 9.18. The molecule has 0 saturated carbocycles. The Kier molecular flexibility index (Phi) is 6.95. The number of fused-ring (bicyclic) bond motifs is 1. The van der Waals surface area contributed by atoms with Crippen LogP contribution in [-0.2, 0) is 11.3 Å². The number of imide groups is 1. The van der Waals surface area contributed by atoms with Crippen molar-refractivity contribution in [3.05, 3.63) is 48.0 Å². The van der Waals surface area contributed by atoms with Gasteiger partial charge in [0, 0.05) is 13.1 Å². The predicted molar refractivity (Wildman–Crippen MR) is 101 cm³/mol. The molecule has 3 amide bonds. The van der Waals surface area contributed by atoms with E-state index in [1.165, 1.54) is 10.8 Å². The van der Waals surface area contributed by atoms with E-state index < -0.39 is 6.03 Å². The van der Waals surface area contributed by atoms with Crippen molar-refractivity contribution in [1.82, 2.24) is 15.5 Å². The Morgan fingerprint density at radius 1 is 1.08 bits per heavy atom. The minimum atomic E-state index is -0.426. The zero-order chi connectivity index (χ0) is 18.2. The highest BCUT2D eigenvalue weighted by Crippen LogP contribution is 2.16. The number of urea groups is 1. The quantitative estimate of drug-likeness (QED) is 0.813. The number of benzene rings is 2. The SMILES string of the molecule is CC(C)CCNC(=O)NC(=O)CN(C)Cc1ccc2ccccc2c1. The van der Waals surface area contributed by atoms with Crippen molar-refractivity contribution in [2.24, 2.45) is 5.92 Å². The number of nitrogens with one attached hydrogen (secondary N) is 2. The van der Waals surface area contributed by atoms with Crippen LogP contribution in [0.3, 0.4) is 0 Å². The van der Waals surface area contributed by atoms with Gasteiger partial charge < -0.3 is 5.32 Å². The Labute approximate surface area is 149 Å². The third kappa shape index (κ3) is 6.55. The largest absolute Gasteiger partial charge is 0.338 e. The number of hydrogen-bond donors (Lipinski definition) is 2. The first-order valence-electron chi connectivity index (χ1n) is 8.68. The average Bonchev–Trinajstić information content (AvgIpc) is 2.54. The third-order valence-corrected chi connectivity index (χ3v) is 3.94. The summed E-state index contributed by atoms with van der Waals surface area (Å²) < 4.78 is 0. The number of amides is 3. The lowest BCUT2D eigenvalue weighted by Crippen LogP contribution is -2.44. The minimum absolute atomic E-state index is 0.171. The Balaban J connectivity index is 1.79. The number of carbonyl (C=O) groups is 2. The van der Waals surface area contributed by atoms with E-state index in [0.717, 1.165) is 12.0 Å². The van der Waals surface area contributed by atoms with Crippen molar-refractivity contribution in [3.63, 3.8) is 0 Å². The van der Waals surface area contributed by atoms with Crippen LogP contribution in [0.2, 0.25) is 0 Å². The number of nitrogens with zero attached hydrogens (tertiary/aromatic N) is 1. The molecule has 0 radical (unpaired) electrons. The highest BCUT2D eigenvalue weighted by Gasteiger charge is 2.11. The fourth-order valence-electron chi connectivity index (χ4n) is 2.63. The minimum Gasteiger partial charge on any atom is -0.338 e. The lowest BCUT2D eigenvalue weighted by molar-refractivity contribution is -0.120. The molecule has 2 aromatic carbocycles. The van der Waals surface area contributed by atoms with Crippen LogP contribution in [0.15, 0.2) is 42.5 Å². The molecular weight excluding hydrogens is 314 g/mol. The highest BCUT2D eigenvalue weighted by atomic mass is 16.2. The normalized spacial score (nSPS) is 11.1. The van der Waals surface area contributed by atoms with Crippen molar-refractivity contribution in [3.8, 4) is 0 Å². The summed E-state index contributed by atoms with van der Waals surface area (Å²) in [6.45, 7) is 5.57. The van der Waals surface area contributed by atoms with Crippen LogP contribution in [-0.4, -0.2) is 37.0 Å². The molecular formula is C20H27N3O2. The first-order valence-corrected chi connectivity index (χ1v) is 8.68. The first-order chi connectivity index (χ1) is 11.9. The van der Waals surface area contributed by atoms with Crippen LogP contribution >= 0.6 is 0 Å². The summed E-state index contributed by atoms with van der Waals surface area (Å²) >= 11 is 0. The summed E-state index contributed by atoms with van der Waals surface area (Å²) in [4.78, 5) is 25.5. The van der Waals surface area contributed by atoms with Gasteiger partial charge in [-0.05, 0) is 41.8 Å². The van der Waals surface area contributed by atoms with Crippen molar-refractivity contribution in [1.29, 1.82) is 0 Å². The summed E-state index contributed by atoms with van der Waals surface area (Å²) in [5, 5.41) is 7.45. The monoisotopic (exact) mass is 341 g/mol. The van der Waals surface area contributed by atoms with Gasteiger partial charge >= 0.3 is 6.03 Å². The molecule has 0 aliphatic carbocycles. The van der Waals surface area contributed by atoms with E-state index >= 15 is 0 Å². The molecule has 25 heavy (non-hydrogen) atoms. The maximum Gasteiger partial charge on any atom is 0.321 e. The maximum absolute atomic E-state index is 11.9. The Morgan fingerprint density at radius 3 is 2.52 bits per heavy atom. The zero-order valence-electron chi connectivity index (χ0n) is 15.2. The van der Waals surface area contributed by atoms with Crippen LogP contribution in [0.25, 0.3) is 10.8 Å². The average molecular weight is 341 g/mol. The van der Waals surface area contributed by atoms with Crippen LogP contribution in [0, 0.1) is 5.92 Å². The summed E-state index contributed by atoms with van der Waals surface area (Å²) in [5.41, 5.74) is 1.13. The molecule has 0 aliphatic heterocycles. The number of carbonyl (C=O) groups excluding carboxylic acids is 2. The standard InChI is InChI=1S/C20H27N3O2/c1-15(2)10-11-21-20(25)22-19(24)14-23(3)13-16-8-9-17-6-4-5-7-18(17)12-16/h4-9,12,15H,10-11,13-14H2,1-3H3,(H2,21,22,24,25). The molecule has 0 spiro atoms. The van der Waals surface area contributed by atoms with Crippen molar-refractivity contribution < 1.29 is 9.59 Å². The van der Waals surface area contributed by atoms with E-state index in [-0.39, 0.29) is 12.5 Å². The topological polar surface area (TPSA) is 61.4 Å². The molecule has 2 rings (SSSR count). The molecule has 134 valence electrons. The van der Waals surface area contributed by atoms with E-state index in [4.69, 9.17) is 0 Å². The maximum atomic E-state index is 11.9. The molecule has 0 atom stereocenters. The molecule has 0 aliphatic rings. The Morgan fingerprint density at radius 2 is 1.80 bits per heavy atom. The summed E-state index contributed by atoms with van der Waals surface area (Å²) in [6.07, 6.45) is 0.892. The number of likely N-dealkylation sites (N-methyl/N-ethyl adjacent to an activating group) is 1. The molecule has 5 nitrogen and oxygen atoms in total. The van der Waals surface area contributed by atoms with Gasteiger partial charge in [0.2, 0.25) is 5.91 Å². The molecule has 0 fully saturated rings. The van der Waals surface area contributed by atoms with Gasteiger partial charge in [-0.1, -0.05) is 50.2 Å². The lowest BCUT2D eigenvalue weighted by atomic mass is 10.1. The van der Waals surface area contributed by atoms with Crippen LogP contribution in [0.5, 0.6) is 0 Å². The fraction of sp³-hybridized carbons (Fsp3) is 0.400. The molecule has 0 heterocycles.